The van der Waals surface area contributed by atoms with E-state index in [-0.39, 0.29) is 36.6 Å². The zero-order valence-corrected chi connectivity index (χ0v) is 20.3. The first-order chi connectivity index (χ1) is 15.5. The Balaban J connectivity index is 1.73. The van der Waals surface area contributed by atoms with E-state index in [9.17, 15) is 28.1 Å². The van der Waals surface area contributed by atoms with Gasteiger partial charge in [0.05, 0.1) is 14.3 Å². The Morgan fingerprint density at radius 1 is 1.12 bits per heavy atom. The highest BCUT2D eigenvalue weighted by Crippen LogP contribution is 2.25. The van der Waals surface area contributed by atoms with Crippen LogP contribution < -0.4 is 15.6 Å². The molecule has 2 rings (SSSR count). The molecule has 2 amide bonds. The molecule has 2 aromatic rings. The number of aryl methyl sites for hydroxylation is 1. The van der Waals surface area contributed by atoms with Gasteiger partial charge in [0.2, 0.25) is 15.9 Å². The minimum Gasteiger partial charge on any atom is -0.483 e. The Hall–Kier alpha value is -3.03. The van der Waals surface area contributed by atoms with Crippen LogP contribution in [0.2, 0.25) is 0 Å². The maximum absolute atomic E-state index is 12.5. The fraction of sp³-hybridized carbons (Fsp3) is 0.300. The molecule has 2 aromatic carbocycles. The fourth-order valence-electron chi connectivity index (χ4n) is 2.61. The van der Waals surface area contributed by atoms with Gasteiger partial charge in [-0.2, -0.15) is 0 Å². The van der Waals surface area contributed by atoms with Crippen molar-refractivity contribution in [2.24, 2.45) is 0 Å². The van der Waals surface area contributed by atoms with Crippen LogP contribution in [0.4, 0.5) is 5.69 Å². The molecular weight excluding hydrogens is 520 g/mol. The molecule has 33 heavy (non-hydrogen) atoms. The molecule has 0 saturated heterocycles. The first-order valence-corrected chi connectivity index (χ1v) is 11.9. The van der Waals surface area contributed by atoms with Crippen molar-refractivity contribution in [1.29, 1.82) is 0 Å². The highest BCUT2D eigenvalue weighted by molar-refractivity contribution is 9.10. The number of rotatable bonds is 10. The van der Waals surface area contributed by atoms with Crippen LogP contribution in [-0.4, -0.2) is 49.7 Å². The summed E-state index contributed by atoms with van der Waals surface area (Å²) in [6, 6.07) is 9.92. The van der Waals surface area contributed by atoms with Crippen LogP contribution in [0.3, 0.4) is 0 Å². The quantitative estimate of drug-likeness (QED) is 0.345. The third kappa shape index (κ3) is 7.80. The first-order valence-electron chi connectivity index (χ1n) is 9.68. The molecule has 13 heteroatoms. The van der Waals surface area contributed by atoms with Crippen LogP contribution in [0.1, 0.15) is 18.4 Å². The van der Waals surface area contributed by atoms with Gasteiger partial charge in [0, 0.05) is 32.1 Å². The van der Waals surface area contributed by atoms with Gasteiger partial charge in [0.25, 0.3) is 11.6 Å². The zero-order valence-electron chi connectivity index (χ0n) is 17.9. The van der Waals surface area contributed by atoms with Crippen LogP contribution in [0.15, 0.2) is 51.8 Å². The van der Waals surface area contributed by atoms with Crippen LogP contribution >= 0.6 is 15.9 Å². The number of sulfonamides is 1. The summed E-state index contributed by atoms with van der Waals surface area (Å²) < 4.78 is 32.2. The Morgan fingerprint density at radius 3 is 2.36 bits per heavy atom. The Kier molecular flexibility index (Phi) is 9.32. The number of nitro benzene ring substituents is 1. The van der Waals surface area contributed by atoms with Crippen molar-refractivity contribution in [3.63, 3.8) is 0 Å². The second-order valence-electron chi connectivity index (χ2n) is 7.00. The molecular formula is C20H23BrN4O7S. The van der Waals surface area contributed by atoms with E-state index in [1.807, 2.05) is 19.1 Å². The molecule has 0 aromatic heterocycles. The second kappa shape index (κ2) is 11.7. The Labute approximate surface area is 199 Å². The fourth-order valence-corrected chi connectivity index (χ4v) is 4.42. The summed E-state index contributed by atoms with van der Waals surface area (Å²) in [5, 5.41) is 10.7. The number of amides is 2. The van der Waals surface area contributed by atoms with Crippen LogP contribution in [0.25, 0.3) is 0 Å². The van der Waals surface area contributed by atoms with Crippen molar-refractivity contribution >= 4 is 43.5 Å². The minimum atomic E-state index is -3.86. The topological polar surface area (TPSA) is 148 Å². The lowest BCUT2D eigenvalue weighted by atomic mass is 10.2. The van der Waals surface area contributed by atoms with E-state index in [1.165, 1.54) is 7.05 Å². The summed E-state index contributed by atoms with van der Waals surface area (Å²) in [5.74, 6) is -0.575. The molecule has 0 radical (unpaired) electrons. The number of nitrogens with zero attached hydrogens (tertiary/aromatic N) is 2. The van der Waals surface area contributed by atoms with Gasteiger partial charge in [0.1, 0.15) is 5.75 Å². The van der Waals surface area contributed by atoms with E-state index in [1.54, 1.807) is 6.07 Å². The van der Waals surface area contributed by atoms with Gasteiger partial charge < -0.3 is 4.74 Å². The highest BCUT2D eigenvalue weighted by atomic mass is 79.9. The number of hydrazine groups is 1. The molecule has 0 saturated carbocycles. The predicted molar refractivity (Wildman–Crippen MR) is 123 cm³/mol. The van der Waals surface area contributed by atoms with E-state index in [4.69, 9.17) is 4.74 Å². The highest BCUT2D eigenvalue weighted by Gasteiger charge is 2.21. The lowest BCUT2D eigenvalue weighted by molar-refractivity contribution is -0.384. The molecule has 0 heterocycles. The van der Waals surface area contributed by atoms with Crippen LogP contribution in [0, 0.1) is 17.0 Å². The monoisotopic (exact) mass is 542 g/mol. The number of hydrogen-bond acceptors (Lipinski definition) is 7. The first kappa shape index (κ1) is 26.2. The van der Waals surface area contributed by atoms with Gasteiger partial charge in [-0.1, -0.05) is 6.07 Å². The normalized spacial score (nSPS) is 11.2. The standard InChI is InChI=1S/C20H23BrN4O7S/c1-14-5-10-18(17(21)12-14)32-13-20(27)23-22-19(26)4-3-11-24(2)33(30,31)16-8-6-15(7-9-16)25(28)29/h5-10,12H,3-4,11,13H2,1-2H3,(H,22,26)(H,23,27). The average Bonchev–Trinajstić information content (AvgIpc) is 2.77. The molecule has 2 N–H and O–H groups in total. The second-order valence-corrected chi connectivity index (χ2v) is 9.90. The third-order valence-electron chi connectivity index (χ3n) is 4.42. The molecule has 0 aliphatic carbocycles. The minimum absolute atomic E-state index is 0.0330. The smallest absolute Gasteiger partial charge is 0.276 e. The molecule has 0 atom stereocenters. The van der Waals surface area contributed by atoms with Gasteiger partial charge in [-0.25, -0.2) is 12.7 Å². The van der Waals surface area contributed by atoms with Crippen molar-refractivity contribution in [2.75, 3.05) is 20.2 Å². The molecule has 0 fully saturated rings. The van der Waals surface area contributed by atoms with E-state index in [0.717, 1.165) is 34.1 Å². The van der Waals surface area contributed by atoms with E-state index >= 15 is 0 Å². The van der Waals surface area contributed by atoms with Gasteiger partial charge in [-0.3, -0.25) is 30.6 Å². The maximum Gasteiger partial charge on any atom is 0.276 e. The third-order valence-corrected chi connectivity index (χ3v) is 6.91. The van der Waals surface area contributed by atoms with Crippen molar-refractivity contribution < 1.29 is 27.7 Å². The molecule has 0 aliphatic rings. The number of halogens is 1. The summed E-state index contributed by atoms with van der Waals surface area (Å²) in [5.41, 5.74) is 5.28. The van der Waals surface area contributed by atoms with Crippen molar-refractivity contribution in [3.8, 4) is 5.75 Å². The summed E-state index contributed by atoms with van der Waals surface area (Å²) in [6.07, 6.45) is 0.155. The van der Waals surface area contributed by atoms with Gasteiger partial charge in [0.15, 0.2) is 6.61 Å². The largest absolute Gasteiger partial charge is 0.483 e. The van der Waals surface area contributed by atoms with Gasteiger partial charge in [-0.15, -0.1) is 0 Å². The molecule has 0 bridgehead atoms. The number of non-ortho nitro benzene ring substituents is 1. The maximum atomic E-state index is 12.5. The molecule has 11 nitrogen and oxygen atoms in total. The number of carbonyl (C=O) groups is 2. The van der Waals surface area contributed by atoms with Crippen molar-refractivity contribution in [1.82, 2.24) is 15.2 Å². The van der Waals surface area contributed by atoms with Crippen LogP contribution in [-0.2, 0) is 19.6 Å². The SMILES string of the molecule is Cc1ccc(OCC(=O)NNC(=O)CCCN(C)S(=O)(=O)c2ccc([N+](=O)[O-])cc2)c(Br)c1. The molecule has 178 valence electrons. The Morgan fingerprint density at radius 2 is 1.76 bits per heavy atom. The van der Waals surface area contributed by atoms with Crippen molar-refractivity contribution in [2.45, 2.75) is 24.7 Å². The predicted octanol–water partition coefficient (Wildman–Crippen LogP) is 2.29. The number of nitro groups is 1. The average molecular weight is 543 g/mol. The number of hydrogen-bond donors (Lipinski definition) is 2. The summed E-state index contributed by atoms with van der Waals surface area (Å²) in [4.78, 5) is 33.7. The van der Waals surface area contributed by atoms with E-state index in [2.05, 4.69) is 26.8 Å². The summed E-state index contributed by atoms with van der Waals surface area (Å²) in [6.45, 7) is 1.64. The van der Waals surface area contributed by atoms with Crippen molar-refractivity contribution in [3.05, 3.63) is 62.6 Å². The van der Waals surface area contributed by atoms with E-state index < -0.39 is 26.8 Å². The Bertz CT molecular complexity index is 1120. The zero-order chi connectivity index (χ0) is 24.6. The lowest BCUT2D eigenvalue weighted by Gasteiger charge is -2.17. The van der Waals surface area contributed by atoms with E-state index in [0.29, 0.717) is 10.2 Å². The number of ether oxygens (including phenoxy) is 1. The molecule has 0 aliphatic heterocycles. The summed E-state index contributed by atoms with van der Waals surface area (Å²) >= 11 is 3.34. The van der Waals surface area contributed by atoms with Gasteiger partial charge in [-0.05, 0) is 59.1 Å². The summed E-state index contributed by atoms with van der Waals surface area (Å²) in [7, 11) is -2.51. The number of benzene rings is 2. The number of nitrogens with one attached hydrogen (secondary N) is 2. The molecule has 0 spiro atoms. The molecule has 0 unspecified atom stereocenters. The number of carbonyl (C=O) groups excluding carboxylic acids is 2. The van der Waals surface area contributed by atoms with Gasteiger partial charge >= 0.3 is 0 Å². The van der Waals surface area contributed by atoms with Crippen LogP contribution in [0.5, 0.6) is 5.75 Å². The lowest BCUT2D eigenvalue weighted by Crippen LogP contribution is -2.44.